The summed E-state index contributed by atoms with van der Waals surface area (Å²) in [6, 6.07) is 71.3. The number of hydrogen-bond donors (Lipinski definition) is 0. The van der Waals surface area contributed by atoms with Crippen LogP contribution < -0.4 is 9.80 Å². The number of nitrogens with zero attached hydrogens (tertiary/aromatic N) is 2. The zero-order valence-corrected chi connectivity index (χ0v) is 30.4. The molecule has 0 spiro atoms. The predicted octanol–water partition coefficient (Wildman–Crippen LogP) is 15.0. The van der Waals surface area contributed by atoms with E-state index in [-0.39, 0.29) is 0 Å². The summed E-state index contributed by atoms with van der Waals surface area (Å²) < 4.78 is 0. The van der Waals surface area contributed by atoms with Crippen LogP contribution in [-0.2, 0) is 0 Å². The Hall–Kier alpha value is -6.90. The molecule has 0 unspecified atom stereocenters. The van der Waals surface area contributed by atoms with Gasteiger partial charge in [0.25, 0.3) is 0 Å². The Morgan fingerprint density at radius 3 is 1.22 bits per heavy atom. The van der Waals surface area contributed by atoms with Gasteiger partial charge in [-0.15, -0.1) is 0 Å². The molecule has 0 N–H and O–H groups in total. The Bertz CT molecular complexity index is 3020. The van der Waals surface area contributed by atoms with E-state index in [4.69, 9.17) is 0 Å². The number of hydrogen-bond acceptors (Lipinski definition) is 2. The summed E-state index contributed by atoms with van der Waals surface area (Å²) in [5.41, 5.74) is 9.32. The van der Waals surface area contributed by atoms with E-state index in [1.54, 1.807) is 0 Å². The molecule has 10 aromatic rings. The van der Waals surface area contributed by atoms with Crippen LogP contribution in [0.5, 0.6) is 0 Å². The van der Waals surface area contributed by atoms with Crippen LogP contribution in [0.2, 0.25) is 0 Å². The van der Waals surface area contributed by atoms with E-state index in [1.165, 1.54) is 70.7 Å². The first kappa shape index (κ1) is 31.8. The van der Waals surface area contributed by atoms with Crippen molar-refractivity contribution in [3.8, 4) is 0 Å². The molecule has 0 aromatic heterocycles. The molecule has 10 rings (SSSR count). The number of benzene rings is 10. The average Bonchev–Trinajstić information content (AvgIpc) is 3.21. The monoisotopic (exact) mass is 690 g/mol. The number of aryl methyl sites for hydroxylation is 2. The molecule has 0 aliphatic carbocycles. The average molecular weight is 691 g/mol. The fraction of sp³-hybridized carbons (Fsp3) is 0.0385. The van der Waals surface area contributed by atoms with Gasteiger partial charge in [-0.2, -0.15) is 0 Å². The van der Waals surface area contributed by atoms with Gasteiger partial charge in [0, 0.05) is 43.7 Å². The second kappa shape index (κ2) is 12.9. The largest absolute Gasteiger partial charge is 0.309 e. The normalized spacial score (nSPS) is 11.5. The molecule has 0 atom stereocenters. The van der Waals surface area contributed by atoms with Crippen LogP contribution in [0.1, 0.15) is 11.1 Å². The van der Waals surface area contributed by atoms with Crippen LogP contribution in [0.3, 0.4) is 0 Å². The summed E-state index contributed by atoms with van der Waals surface area (Å²) >= 11 is 0. The highest BCUT2D eigenvalue weighted by molar-refractivity contribution is 6.25. The number of fused-ring (bicyclic) bond motifs is 5. The highest BCUT2D eigenvalue weighted by atomic mass is 15.2. The lowest BCUT2D eigenvalue weighted by molar-refractivity contribution is 1.30. The molecule has 0 aliphatic heterocycles. The second-order valence-electron chi connectivity index (χ2n) is 14.3. The Kier molecular flexibility index (Phi) is 7.63. The first-order valence-electron chi connectivity index (χ1n) is 18.7. The van der Waals surface area contributed by atoms with E-state index >= 15 is 0 Å². The number of rotatable bonds is 6. The molecule has 256 valence electrons. The molecule has 0 radical (unpaired) electrons. The van der Waals surface area contributed by atoms with Crippen LogP contribution in [0, 0.1) is 13.8 Å². The quantitative estimate of drug-likeness (QED) is 0.160. The van der Waals surface area contributed by atoms with Crippen molar-refractivity contribution in [2.75, 3.05) is 9.80 Å². The van der Waals surface area contributed by atoms with Gasteiger partial charge in [-0.05, 0) is 89.5 Å². The SMILES string of the molecule is Cc1ccc(N(c2cccc3ccccc23)c2c3ccccc3cc3c(N(c4cccc(C)c4)c4cccc5ccccc45)c4ccccc4cc23)cc1. The Morgan fingerprint density at radius 2 is 0.704 bits per heavy atom. The summed E-state index contributed by atoms with van der Waals surface area (Å²) in [5.74, 6) is 0. The zero-order chi connectivity index (χ0) is 36.2. The maximum Gasteiger partial charge on any atom is 0.0619 e. The molecule has 0 saturated carbocycles. The maximum absolute atomic E-state index is 2.51. The minimum atomic E-state index is 1.12. The molecule has 0 amide bonds. The Balaban J connectivity index is 1.40. The van der Waals surface area contributed by atoms with Crippen molar-refractivity contribution in [1.29, 1.82) is 0 Å². The van der Waals surface area contributed by atoms with Crippen molar-refractivity contribution in [3.63, 3.8) is 0 Å². The van der Waals surface area contributed by atoms with Gasteiger partial charge in [0.2, 0.25) is 0 Å². The maximum atomic E-state index is 2.51. The van der Waals surface area contributed by atoms with Crippen LogP contribution in [0.15, 0.2) is 194 Å². The van der Waals surface area contributed by atoms with Crippen LogP contribution in [-0.4, -0.2) is 0 Å². The molecular formula is C52H38N2. The number of anilines is 6. The molecule has 0 bridgehead atoms. The highest BCUT2D eigenvalue weighted by Crippen LogP contribution is 2.52. The van der Waals surface area contributed by atoms with E-state index in [0.29, 0.717) is 0 Å². The van der Waals surface area contributed by atoms with Gasteiger partial charge in [-0.3, -0.25) is 0 Å². The smallest absolute Gasteiger partial charge is 0.0619 e. The fourth-order valence-corrected chi connectivity index (χ4v) is 8.35. The topological polar surface area (TPSA) is 6.48 Å². The molecule has 0 aliphatic rings. The minimum absolute atomic E-state index is 1.12. The van der Waals surface area contributed by atoms with Gasteiger partial charge < -0.3 is 9.80 Å². The van der Waals surface area contributed by atoms with Crippen molar-refractivity contribution >= 4 is 88.0 Å². The Morgan fingerprint density at radius 1 is 0.278 bits per heavy atom. The van der Waals surface area contributed by atoms with Gasteiger partial charge in [-0.1, -0.05) is 151 Å². The molecule has 0 fully saturated rings. The van der Waals surface area contributed by atoms with Crippen LogP contribution in [0.4, 0.5) is 34.1 Å². The summed E-state index contributed by atoms with van der Waals surface area (Å²) in [4.78, 5) is 5.01. The van der Waals surface area contributed by atoms with Crippen molar-refractivity contribution in [1.82, 2.24) is 0 Å². The lowest BCUT2D eigenvalue weighted by atomic mass is 9.93. The molecule has 0 saturated heterocycles. The van der Waals surface area contributed by atoms with E-state index < -0.39 is 0 Å². The Labute approximate surface area is 315 Å². The molecule has 10 aromatic carbocycles. The van der Waals surface area contributed by atoms with Gasteiger partial charge in [-0.25, -0.2) is 0 Å². The summed E-state index contributed by atoms with van der Waals surface area (Å²) in [7, 11) is 0. The first-order chi connectivity index (χ1) is 26.6. The van der Waals surface area contributed by atoms with Crippen LogP contribution >= 0.6 is 0 Å². The first-order valence-corrected chi connectivity index (χ1v) is 18.7. The predicted molar refractivity (Wildman–Crippen MR) is 233 cm³/mol. The van der Waals surface area contributed by atoms with Crippen molar-refractivity contribution in [2.24, 2.45) is 0 Å². The highest BCUT2D eigenvalue weighted by Gasteiger charge is 2.26. The summed E-state index contributed by atoms with van der Waals surface area (Å²) in [6.45, 7) is 4.34. The second-order valence-corrected chi connectivity index (χ2v) is 14.3. The molecule has 2 nitrogen and oxygen atoms in total. The van der Waals surface area contributed by atoms with E-state index in [0.717, 1.165) is 28.4 Å². The van der Waals surface area contributed by atoms with Gasteiger partial charge >= 0.3 is 0 Å². The van der Waals surface area contributed by atoms with Crippen LogP contribution in [0.25, 0.3) is 53.9 Å². The zero-order valence-electron chi connectivity index (χ0n) is 30.4. The van der Waals surface area contributed by atoms with Crippen molar-refractivity contribution < 1.29 is 0 Å². The van der Waals surface area contributed by atoms with Gasteiger partial charge in [0.05, 0.1) is 22.7 Å². The van der Waals surface area contributed by atoms with E-state index in [9.17, 15) is 0 Å². The lowest BCUT2D eigenvalue weighted by Gasteiger charge is -2.33. The standard InChI is InChI=1S/C52H38N2/c1-35-28-30-41(31-29-35)53(49-26-12-19-37-15-3-7-22-43(37)49)51-45-24-9-5-17-39(45)34-48-47(51)33-40-18-6-10-25-46(40)52(48)54(42-21-11-14-36(2)32-42)50-27-13-20-38-16-4-8-23-44(38)50/h3-34H,1-2H3. The van der Waals surface area contributed by atoms with Gasteiger partial charge in [0.1, 0.15) is 0 Å². The lowest BCUT2D eigenvalue weighted by Crippen LogP contribution is -2.14. The molecule has 0 heterocycles. The third-order valence-corrected chi connectivity index (χ3v) is 10.8. The van der Waals surface area contributed by atoms with Crippen molar-refractivity contribution in [2.45, 2.75) is 13.8 Å². The summed E-state index contributed by atoms with van der Waals surface area (Å²) in [5, 5.41) is 12.0. The molecular weight excluding hydrogens is 653 g/mol. The van der Waals surface area contributed by atoms with Gasteiger partial charge in [0.15, 0.2) is 0 Å². The fourth-order valence-electron chi connectivity index (χ4n) is 8.35. The van der Waals surface area contributed by atoms with Crippen molar-refractivity contribution in [3.05, 3.63) is 205 Å². The molecule has 54 heavy (non-hydrogen) atoms. The van der Waals surface area contributed by atoms with E-state index in [1.807, 2.05) is 0 Å². The third kappa shape index (κ3) is 5.26. The summed E-state index contributed by atoms with van der Waals surface area (Å²) in [6.07, 6.45) is 0. The third-order valence-electron chi connectivity index (χ3n) is 10.8. The minimum Gasteiger partial charge on any atom is -0.309 e. The van der Waals surface area contributed by atoms with E-state index in [2.05, 4.69) is 218 Å². The molecule has 2 heteroatoms.